The van der Waals surface area contributed by atoms with Crippen LogP contribution in [0.3, 0.4) is 0 Å². The van der Waals surface area contributed by atoms with E-state index in [0.717, 1.165) is 24.8 Å². The van der Waals surface area contributed by atoms with Crippen molar-refractivity contribution in [2.45, 2.75) is 40.0 Å². The van der Waals surface area contributed by atoms with Gasteiger partial charge in [0.15, 0.2) is 0 Å². The number of carbonyl (C=O) groups is 2. The Morgan fingerprint density at radius 2 is 2.00 bits per heavy atom. The van der Waals surface area contributed by atoms with Crippen LogP contribution in [0.2, 0.25) is 0 Å². The Morgan fingerprint density at radius 3 is 2.64 bits per heavy atom. The van der Waals surface area contributed by atoms with Crippen molar-refractivity contribution in [3.8, 4) is 11.8 Å². The Bertz CT molecular complexity index is 527. The first-order valence-corrected chi connectivity index (χ1v) is 7.61. The smallest absolute Gasteiger partial charge is 0.325 e. The zero-order valence-corrected chi connectivity index (χ0v) is 13.9. The van der Waals surface area contributed by atoms with Gasteiger partial charge in [-0.05, 0) is 24.6 Å². The van der Waals surface area contributed by atoms with Gasteiger partial charge in [-0.15, -0.1) is 0 Å². The highest BCUT2D eigenvalue weighted by atomic mass is 16.5. The van der Waals surface area contributed by atoms with Gasteiger partial charge in [-0.2, -0.15) is 0 Å². The Hall–Kier alpha value is -2.28. The summed E-state index contributed by atoms with van der Waals surface area (Å²) in [6, 6.07) is 7.03. The molecule has 1 rings (SSSR count). The van der Waals surface area contributed by atoms with E-state index in [0.29, 0.717) is 5.56 Å². The second-order valence-electron chi connectivity index (χ2n) is 4.24. The first kappa shape index (κ1) is 19.7. The van der Waals surface area contributed by atoms with E-state index in [-0.39, 0.29) is 12.5 Å². The number of rotatable bonds is 5. The van der Waals surface area contributed by atoms with Crippen LogP contribution in [-0.4, -0.2) is 25.5 Å². The number of ether oxygens (including phenoxy) is 1. The van der Waals surface area contributed by atoms with E-state index in [2.05, 4.69) is 28.8 Å². The number of hydrogen-bond donors (Lipinski definition) is 1. The van der Waals surface area contributed by atoms with E-state index in [1.54, 1.807) is 18.2 Å². The van der Waals surface area contributed by atoms with E-state index in [9.17, 15) is 9.59 Å². The van der Waals surface area contributed by atoms with E-state index >= 15 is 0 Å². The Kier molecular flexibility index (Phi) is 11.2. The van der Waals surface area contributed by atoms with E-state index in [4.69, 9.17) is 0 Å². The van der Waals surface area contributed by atoms with Gasteiger partial charge in [-0.25, -0.2) is 0 Å². The van der Waals surface area contributed by atoms with Crippen molar-refractivity contribution in [3.63, 3.8) is 0 Å². The molecule has 0 heterocycles. The normalized spacial score (nSPS) is 8.73. The molecule has 22 heavy (non-hydrogen) atoms. The van der Waals surface area contributed by atoms with Gasteiger partial charge < -0.3 is 10.1 Å². The fraction of sp³-hybridized carbons (Fsp3) is 0.444. The first-order valence-electron chi connectivity index (χ1n) is 7.61. The van der Waals surface area contributed by atoms with Crippen molar-refractivity contribution in [1.82, 2.24) is 5.32 Å². The molecule has 0 fully saturated rings. The van der Waals surface area contributed by atoms with Crippen LogP contribution in [0, 0.1) is 11.8 Å². The van der Waals surface area contributed by atoms with Crippen LogP contribution in [0.4, 0.5) is 0 Å². The molecule has 0 unspecified atom stereocenters. The van der Waals surface area contributed by atoms with E-state index in [1.807, 2.05) is 19.9 Å². The zero-order valence-electron chi connectivity index (χ0n) is 13.9. The maximum Gasteiger partial charge on any atom is 0.325 e. The number of unbranched alkanes of at least 4 members (excludes halogenated alkanes) is 2. The molecule has 0 radical (unpaired) electrons. The lowest BCUT2D eigenvalue weighted by Crippen LogP contribution is -2.30. The molecule has 4 heteroatoms. The molecule has 0 aliphatic carbocycles. The molecule has 0 aliphatic rings. The third-order valence-electron chi connectivity index (χ3n) is 2.63. The summed E-state index contributed by atoms with van der Waals surface area (Å²) in [4.78, 5) is 22.8. The molecule has 120 valence electrons. The lowest BCUT2D eigenvalue weighted by molar-refractivity contribution is -0.139. The lowest BCUT2D eigenvalue weighted by Gasteiger charge is -2.04. The largest absolute Gasteiger partial charge is 0.468 e. The molecule has 0 saturated carbocycles. The minimum Gasteiger partial charge on any atom is -0.468 e. The predicted molar refractivity (Wildman–Crippen MR) is 88.5 cm³/mol. The fourth-order valence-corrected chi connectivity index (χ4v) is 1.49. The number of amides is 1. The SMILES string of the molecule is CC.CCCCC#Cc1cccc(C(=O)NCC(=O)OC)c1. The molecule has 4 nitrogen and oxygen atoms in total. The van der Waals surface area contributed by atoms with Gasteiger partial charge in [0.05, 0.1) is 7.11 Å². The molecule has 0 atom stereocenters. The molecule has 0 spiro atoms. The van der Waals surface area contributed by atoms with Crippen molar-refractivity contribution in [2.24, 2.45) is 0 Å². The highest BCUT2D eigenvalue weighted by molar-refractivity contribution is 5.96. The molecule has 1 N–H and O–H groups in total. The number of methoxy groups -OCH3 is 1. The summed E-state index contributed by atoms with van der Waals surface area (Å²) >= 11 is 0. The summed E-state index contributed by atoms with van der Waals surface area (Å²) in [5.41, 5.74) is 1.28. The minimum atomic E-state index is -0.478. The molecule has 0 aliphatic heterocycles. The number of nitrogens with one attached hydrogen (secondary N) is 1. The zero-order chi connectivity index (χ0) is 16.8. The first-order chi connectivity index (χ1) is 10.7. The van der Waals surface area contributed by atoms with Crippen molar-refractivity contribution in [2.75, 3.05) is 13.7 Å². The van der Waals surface area contributed by atoms with Gasteiger partial charge in [0.1, 0.15) is 6.54 Å². The summed E-state index contributed by atoms with van der Waals surface area (Å²) in [7, 11) is 1.28. The maximum absolute atomic E-state index is 11.8. The lowest BCUT2D eigenvalue weighted by atomic mass is 10.1. The second kappa shape index (κ2) is 12.5. The van der Waals surface area contributed by atoms with Gasteiger partial charge in [-0.3, -0.25) is 9.59 Å². The van der Waals surface area contributed by atoms with Crippen molar-refractivity contribution < 1.29 is 14.3 Å². The van der Waals surface area contributed by atoms with Crippen molar-refractivity contribution in [3.05, 3.63) is 35.4 Å². The summed E-state index contributed by atoms with van der Waals surface area (Å²) in [5.74, 6) is 5.31. The van der Waals surface area contributed by atoms with Crippen LogP contribution in [0.25, 0.3) is 0 Å². The quantitative estimate of drug-likeness (QED) is 0.516. The van der Waals surface area contributed by atoms with Crippen LogP contribution in [0.15, 0.2) is 24.3 Å². The minimum absolute atomic E-state index is 0.137. The predicted octanol–water partition coefficient (Wildman–Crippen LogP) is 3.16. The van der Waals surface area contributed by atoms with E-state index in [1.165, 1.54) is 7.11 Å². The van der Waals surface area contributed by atoms with Gasteiger partial charge in [0, 0.05) is 17.5 Å². The topological polar surface area (TPSA) is 55.4 Å². The van der Waals surface area contributed by atoms with Gasteiger partial charge in [0.25, 0.3) is 5.91 Å². The number of hydrogen-bond acceptors (Lipinski definition) is 3. The molecule has 1 aromatic rings. The van der Waals surface area contributed by atoms with Gasteiger partial charge in [-0.1, -0.05) is 45.1 Å². The van der Waals surface area contributed by atoms with Gasteiger partial charge in [0.2, 0.25) is 0 Å². The third kappa shape index (κ3) is 8.11. The molecule has 0 saturated heterocycles. The van der Waals surface area contributed by atoms with Gasteiger partial charge >= 0.3 is 5.97 Å². The second-order valence-corrected chi connectivity index (χ2v) is 4.24. The number of benzene rings is 1. The molecule has 0 aromatic heterocycles. The Labute approximate surface area is 133 Å². The van der Waals surface area contributed by atoms with Crippen LogP contribution >= 0.6 is 0 Å². The number of carbonyl (C=O) groups excluding carboxylic acids is 2. The standard InChI is InChI=1S/C16H19NO3.C2H6/c1-3-4-5-6-8-13-9-7-10-14(11-13)16(19)17-12-15(18)20-2;1-2/h7,9-11H,3-5,12H2,1-2H3,(H,17,19);1-2H3. The molecule has 1 amide bonds. The highest BCUT2D eigenvalue weighted by Gasteiger charge is 2.07. The Balaban J connectivity index is 0.00000211. The fourth-order valence-electron chi connectivity index (χ4n) is 1.49. The Morgan fingerprint density at radius 1 is 1.27 bits per heavy atom. The van der Waals surface area contributed by atoms with Crippen LogP contribution in [0.1, 0.15) is 56.0 Å². The maximum atomic E-state index is 11.8. The molecular weight excluding hydrogens is 278 g/mol. The summed E-state index contributed by atoms with van der Waals surface area (Å²) in [6.07, 6.45) is 3.05. The van der Waals surface area contributed by atoms with Crippen LogP contribution in [-0.2, 0) is 9.53 Å². The van der Waals surface area contributed by atoms with Crippen LogP contribution in [0.5, 0.6) is 0 Å². The average molecular weight is 303 g/mol. The molecular formula is C18H25NO3. The average Bonchev–Trinajstić information content (AvgIpc) is 2.58. The number of esters is 1. The van der Waals surface area contributed by atoms with Crippen molar-refractivity contribution >= 4 is 11.9 Å². The van der Waals surface area contributed by atoms with E-state index < -0.39 is 5.97 Å². The summed E-state index contributed by atoms with van der Waals surface area (Å²) < 4.78 is 4.46. The monoisotopic (exact) mass is 303 g/mol. The van der Waals surface area contributed by atoms with Crippen molar-refractivity contribution in [1.29, 1.82) is 0 Å². The molecule has 0 bridgehead atoms. The summed E-state index contributed by atoms with van der Waals surface area (Å²) in [6.45, 7) is 5.98. The highest BCUT2D eigenvalue weighted by Crippen LogP contribution is 2.04. The van der Waals surface area contributed by atoms with Crippen LogP contribution < -0.4 is 5.32 Å². The molecule has 1 aromatic carbocycles. The summed E-state index contributed by atoms with van der Waals surface area (Å²) in [5, 5.41) is 2.49. The third-order valence-corrected chi connectivity index (χ3v) is 2.63.